The van der Waals surface area contributed by atoms with Crippen LogP contribution in [0.3, 0.4) is 0 Å². The van der Waals surface area contributed by atoms with Crippen LogP contribution in [0.1, 0.15) is 5.56 Å². The lowest BCUT2D eigenvalue weighted by Crippen LogP contribution is -2.21. The largest absolute Gasteiger partial charge is 0.493 e. The summed E-state index contributed by atoms with van der Waals surface area (Å²) in [6.45, 7) is 1.61. The number of hydrogen-bond acceptors (Lipinski definition) is 4. The highest BCUT2D eigenvalue weighted by atomic mass is 16.5. The fourth-order valence-electron chi connectivity index (χ4n) is 1.54. The van der Waals surface area contributed by atoms with E-state index in [-0.39, 0.29) is 6.61 Å². The van der Waals surface area contributed by atoms with Gasteiger partial charge >= 0.3 is 0 Å². The Kier molecular flexibility index (Phi) is 5.08. The second-order valence-corrected chi connectivity index (χ2v) is 3.65. The van der Waals surface area contributed by atoms with Crippen molar-refractivity contribution in [1.29, 1.82) is 0 Å². The smallest absolute Gasteiger partial charge is 0.161 e. The topological polar surface area (TPSA) is 41.9 Å². The molecule has 0 amide bonds. The normalized spacial score (nSPS) is 10.6. The summed E-state index contributed by atoms with van der Waals surface area (Å²) in [5, 5.41) is 8.81. The molecule has 4 nitrogen and oxygen atoms in total. The zero-order valence-corrected chi connectivity index (χ0v) is 10.1. The van der Waals surface area contributed by atoms with Crippen LogP contribution < -0.4 is 9.47 Å². The summed E-state index contributed by atoms with van der Waals surface area (Å²) in [6, 6.07) is 5.84. The van der Waals surface area contributed by atoms with E-state index in [1.807, 2.05) is 30.1 Å². The minimum atomic E-state index is 0.170. The summed E-state index contributed by atoms with van der Waals surface area (Å²) in [7, 11) is 5.21. The van der Waals surface area contributed by atoms with E-state index in [4.69, 9.17) is 14.6 Å². The lowest BCUT2D eigenvalue weighted by molar-refractivity contribution is 0.217. The number of benzene rings is 1. The molecule has 16 heavy (non-hydrogen) atoms. The molecular formula is C12H19NO3. The molecule has 90 valence electrons. The average Bonchev–Trinajstić information content (AvgIpc) is 2.29. The van der Waals surface area contributed by atoms with E-state index < -0.39 is 0 Å². The molecule has 0 aliphatic carbocycles. The van der Waals surface area contributed by atoms with E-state index in [1.165, 1.54) is 0 Å². The molecule has 0 heterocycles. The standard InChI is InChI=1S/C12H19NO3/c1-13(6-7-14)9-10-4-5-11(15-2)12(8-10)16-3/h4-5,8,14H,6-7,9H2,1-3H3. The minimum absolute atomic E-state index is 0.170. The van der Waals surface area contributed by atoms with Crippen molar-refractivity contribution in [3.63, 3.8) is 0 Å². The molecule has 1 aromatic carbocycles. The summed E-state index contributed by atoms with van der Waals surface area (Å²) in [5.74, 6) is 1.47. The van der Waals surface area contributed by atoms with E-state index >= 15 is 0 Å². The SMILES string of the molecule is COc1ccc(CN(C)CCO)cc1OC. The van der Waals surface area contributed by atoms with Crippen molar-refractivity contribution < 1.29 is 14.6 Å². The van der Waals surface area contributed by atoms with Crippen LogP contribution >= 0.6 is 0 Å². The molecule has 1 N–H and O–H groups in total. The molecule has 0 radical (unpaired) electrons. The van der Waals surface area contributed by atoms with Crippen molar-refractivity contribution in [2.75, 3.05) is 34.4 Å². The van der Waals surface area contributed by atoms with Crippen molar-refractivity contribution >= 4 is 0 Å². The van der Waals surface area contributed by atoms with E-state index in [0.29, 0.717) is 6.54 Å². The van der Waals surface area contributed by atoms with Crippen molar-refractivity contribution in [1.82, 2.24) is 4.90 Å². The Bertz CT molecular complexity index is 328. The van der Waals surface area contributed by atoms with Crippen LogP contribution in [0.4, 0.5) is 0 Å². The van der Waals surface area contributed by atoms with Crippen LogP contribution in [0.25, 0.3) is 0 Å². The third kappa shape index (κ3) is 3.40. The van der Waals surface area contributed by atoms with E-state index in [9.17, 15) is 0 Å². The highest BCUT2D eigenvalue weighted by Gasteiger charge is 2.06. The van der Waals surface area contributed by atoms with Gasteiger partial charge in [-0.25, -0.2) is 0 Å². The molecule has 0 aliphatic heterocycles. The molecule has 0 aliphatic rings. The Morgan fingerprint density at radius 3 is 2.44 bits per heavy atom. The molecule has 0 saturated heterocycles. The Balaban J connectivity index is 2.74. The highest BCUT2D eigenvalue weighted by molar-refractivity contribution is 5.42. The molecule has 0 spiro atoms. The van der Waals surface area contributed by atoms with E-state index in [0.717, 1.165) is 23.6 Å². The summed E-state index contributed by atoms with van der Waals surface area (Å²) >= 11 is 0. The quantitative estimate of drug-likeness (QED) is 0.788. The van der Waals surface area contributed by atoms with Gasteiger partial charge in [0.05, 0.1) is 20.8 Å². The third-order valence-electron chi connectivity index (χ3n) is 2.38. The Labute approximate surface area is 96.4 Å². The number of rotatable bonds is 6. The van der Waals surface area contributed by atoms with Gasteiger partial charge in [0.2, 0.25) is 0 Å². The van der Waals surface area contributed by atoms with Crippen LogP contribution in [0.15, 0.2) is 18.2 Å². The van der Waals surface area contributed by atoms with Gasteiger partial charge in [0, 0.05) is 13.1 Å². The van der Waals surface area contributed by atoms with Crippen LogP contribution in [0.2, 0.25) is 0 Å². The first-order valence-electron chi connectivity index (χ1n) is 5.21. The molecule has 0 atom stereocenters. The van der Waals surface area contributed by atoms with Gasteiger partial charge in [0.1, 0.15) is 0 Å². The second kappa shape index (κ2) is 6.35. The molecule has 1 rings (SSSR count). The van der Waals surface area contributed by atoms with Gasteiger partial charge in [-0.05, 0) is 24.7 Å². The van der Waals surface area contributed by atoms with Crippen LogP contribution in [-0.2, 0) is 6.54 Å². The lowest BCUT2D eigenvalue weighted by atomic mass is 10.2. The van der Waals surface area contributed by atoms with Crippen molar-refractivity contribution in [2.45, 2.75) is 6.54 Å². The van der Waals surface area contributed by atoms with Crippen LogP contribution in [0, 0.1) is 0 Å². The van der Waals surface area contributed by atoms with Crippen molar-refractivity contribution in [3.05, 3.63) is 23.8 Å². The number of aliphatic hydroxyl groups is 1. The fourth-order valence-corrected chi connectivity index (χ4v) is 1.54. The second-order valence-electron chi connectivity index (χ2n) is 3.65. The first-order chi connectivity index (χ1) is 7.71. The maximum atomic E-state index is 8.81. The fraction of sp³-hybridized carbons (Fsp3) is 0.500. The predicted octanol–water partition coefficient (Wildman–Crippen LogP) is 1.13. The molecule has 4 heteroatoms. The summed E-state index contributed by atoms with van der Waals surface area (Å²) < 4.78 is 10.4. The van der Waals surface area contributed by atoms with Crippen LogP contribution in [0.5, 0.6) is 11.5 Å². The molecule has 1 aromatic rings. The Morgan fingerprint density at radius 1 is 1.19 bits per heavy atom. The first kappa shape index (κ1) is 12.8. The Hall–Kier alpha value is -1.26. The summed E-state index contributed by atoms with van der Waals surface area (Å²) in [6.07, 6.45) is 0. The molecule has 0 bridgehead atoms. The molecule has 0 aromatic heterocycles. The molecule has 0 fully saturated rings. The molecule has 0 saturated carbocycles. The number of methoxy groups -OCH3 is 2. The van der Waals surface area contributed by atoms with Crippen LogP contribution in [-0.4, -0.2) is 44.4 Å². The van der Waals surface area contributed by atoms with E-state index in [2.05, 4.69) is 0 Å². The van der Waals surface area contributed by atoms with Gasteiger partial charge in [0.15, 0.2) is 11.5 Å². The van der Waals surface area contributed by atoms with Gasteiger partial charge < -0.3 is 14.6 Å². The third-order valence-corrected chi connectivity index (χ3v) is 2.38. The summed E-state index contributed by atoms with van der Waals surface area (Å²) in [4.78, 5) is 2.04. The molecular weight excluding hydrogens is 206 g/mol. The maximum Gasteiger partial charge on any atom is 0.161 e. The number of aliphatic hydroxyl groups excluding tert-OH is 1. The monoisotopic (exact) mass is 225 g/mol. The van der Waals surface area contributed by atoms with Gasteiger partial charge in [-0.1, -0.05) is 6.07 Å². The van der Waals surface area contributed by atoms with Gasteiger partial charge in [-0.2, -0.15) is 0 Å². The van der Waals surface area contributed by atoms with Gasteiger partial charge in [0.25, 0.3) is 0 Å². The predicted molar refractivity (Wildman–Crippen MR) is 63.0 cm³/mol. The maximum absolute atomic E-state index is 8.81. The number of nitrogens with zero attached hydrogens (tertiary/aromatic N) is 1. The zero-order chi connectivity index (χ0) is 12.0. The van der Waals surface area contributed by atoms with Gasteiger partial charge in [-0.3, -0.25) is 4.90 Å². The van der Waals surface area contributed by atoms with Gasteiger partial charge in [-0.15, -0.1) is 0 Å². The minimum Gasteiger partial charge on any atom is -0.493 e. The van der Waals surface area contributed by atoms with Crippen molar-refractivity contribution in [2.24, 2.45) is 0 Å². The van der Waals surface area contributed by atoms with Crippen molar-refractivity contribution in [3.8, 4) is 11.5 Å². The number of ether oxygens (including phenoxy) is 2. The first-order valence-corrected chi connectivity index (χ1v) is 5.21. The average molecular weight is 225 g/mol. The zero-order valence-electron chi connectivity index (χ0n) is 10.1. The molecule has 0 unspecified atom stereocenters. The van der Waals surface area contributed by atoms with E-state index in [1.54, 1.807) is 14.2 Å². The highest BCUT2D eigenvalue weighted by Crippen LogP contribution is 2.27. The Morgan fingerprint density at radius 2 is 1.88 bits per heavy atom. The number of hydrogen-bond donors (Lipinski definition) is 1. The summed E-state index contributed by atoms with van der Waals surface area (Å²) in [5.41, 5.74) is 1.13. The number of likely N-dealkylation sites (N-methyl/N-ethyl adjacent to an activating group) is 1. The lowest BCUT2D eigenvalue weighted by Gasteiger charge is -2.16.